The summed E-state index contributed by atoms with van der Waals surface area (Å²) < 4.78 is 6.13. The number of amides is 1. The van der Waals surface area contributed by atoms with E-state index in [1.807, 2.05) is 31.2 Å². The minimum absolute atomic E-state index is 0.0143. The van der Waals surface area contributed by atoms with Crippen molar-refractivity contribution in [3.05, 3.63) is 40.7 Å². The predicted octanol–water partition coefficient (Wildman–Crippen LogP) is 2.18. The van der Waals surface area contributed by atoms with Crippen LogP contribution in [-0.2, 0) is 4.79 Å². The highest BCUT2D eigenvalue weighted by molar-refractivity contribution is 7.22. The fourth-order valence-corrected chi connectivity index (χ4v) is 4.15. The second kappa shape index (κ2) is 7.00. The molecule has 1 aliphatic heterocycles. The van der Waals surface area contributed by atoms with E-state index in [0.717, 1.165) is 29.6 Å². The molecule has 1 fully saturated rings. The molecule has 3 aromatic rings. The van der Waals surface area contributed by atoms with Gasteiger partial charge in [0, 0.05) is 6.54 Å². The molecule has 2 atom stereocenters. The van der Waals surface area contributed by atoms with Crippen LogP contribution >= 0.6 is 11.3 Å². The maximum absolute atomic E-state index is 12.7. The van der Waals surface area contributed by atoms with Crippen LogP contribution in [0.1, 0.15) is 31.6 Å². The highest BCUT2D eigenvalue weighted by Crippen LogP contribution is 2.28. The van der Waals surface area contributed by atoms with Crippen LogP contribution in [-0.4, -0.2) is 45.1 Å². The number of rotatable bonds is 4. The number of hydrogen-bond acceptors (Lipinski definition) is 7. The van der Waals surface area contributed by atoms with Crippen LogP contribution in [0.25, 0.3) is 10.2 Å². The zero-order valence-corrected chi connectivity index (χ0v) is 15.1. The number of thiazole rings is 1. The van der Waals surface area contributed by atoms with Crippen molar-refractivity contribution in [3.63, 3.8) is 0 Å². The number of fused-ring (bicyclic) bond motifs is 1. The largest absolute Gasteiger partial charge is 0.434 e. The molecule has 3 heterocycles. The van der Waals surface area contributed by atoms with E-state index in [0.29, 0.717) is 17.6 Å². The fraction of sp³-hybridized carbons (Fsp3) is 0.412. The first-order valence-electron chi connectivity index (χ1n) is 8.56. The lowest BCUT2D eigenvalue weighted by Crippen LogP contribution is -2.46. The van der Waals surface area contributed by atoms with Crippen molar-refractivity contribution >= 4 is 32.6 Å². The fourth-order valence-electron chi connectivity index (χ4n) is 3.28. The zero-order valence-electron chi connectivity index (χ0n) is 14.3. The van der Waals surface area contributed by atoms with E-state index in [1.165, 1.54) is 11.3 Å². The van der Waals surface area contributed by atoms with E-state index in [4.69, 9.17) is 4.42 Å². The van der Waals surface area contributed by atoms with Gasteiger partial charge in [0.05, 0.1) is 22.2 Å². The highest BCUT2D eigenvalue weighted by Gasteiger charge is 2.30. The average Bonchev–Trinajstić information content (AvgIpc) is 3.26. The summed E-state index contributed by atoms with van der Waals surface area (Å²) in [5, 5.41) is 9.76. The molecule has 1 aliphatic rings. The van der Waals surface area contributed by atoms with Crippen molar-refractivity contribution in [2.24, 2.45) is 0 Å². The van der Waals surface area contributed by atoms with Crippen molar-refractivity contribution in [1.29, 1.82) is 0 Å². The Morgan fingerprint density at radius 2 is 2.31 bits per heavy atom. The molecule has 8 nitrogen and oxygen atoms in total. The van der Waals surface area contributed by atoms with Gasteiger partial charge in [0.15, 0.2) is 5.13 Å². The number of benzene rings is 1. The number of H-pyrrole nitrogens is 1. The van der Waals surface area contributed by atoms with Crippen molar-refractivity contribution in [2.45, 2.75) is 31.7 Å². The number of carbonyl (C=O) groups is 1. The van der Waals surface area contributed by atoms with Gasteiger partial charge in [-0.05, 0) is 38.4 Å². The number of hydrogen-bond donors (Lipinski definition) is 2. The Hall–Kier alpha value is -2.52. The Morgan fingerprint density at radius 3 is 3.08 bits per heavy atom. The van der Waals surface area contributed by atoms with Crippen LogP contribution in [0.4, 0.5) is 5.13 Å². The Morgan fingerprint density at radius 1 is 1.46 bits per heavy atom. The van der Waals surface area contributed by atoms with Gasteiger partial charge in [-0.2, -0.15) is 0 Å². The predicted molar refractivity (Wildman–Crippen MR) is 98.4 cm³/mol. The van der Waals surface area contributed by atoms with E-state index >= 15 is 0 Å². The van der Waals surface area contributed by atoms with E-state index < -0.39 is 5.76 Å². The van der Waals surface area contributed by atoms with Gasteiger partial charge >= 0.3 is 5.76 Å². The highest BCUT2D eigenvalue weighted by atomic mass is 32.1. The number of para-hydroxylation sites is 1. The van der Waals surface area contributed by atoms with Gasteiger partial charge in [-0.3, -0.25) is 9.69 Å². The second-order valence-electron chi connectivity index (χ2n) is 6.44. The van der Waals surface area contributed by atoms with Crippen LogP contribution < -0.4 is 11.1 Å². The molecule has 26 heavy (non-hydrogen) atoms. The normalized spacial score (nSPS) is 19.5. The molecule has 1 aromatic carbocycles. The Kier molecular flexibility index (Phi) is 4.56. The molecule has 2 unspecified atom stereocenters. The molecular formula is C17H19N5O3S. The van der Waals surface area contributed by atoms with E-state index in [9.17, 15) is 9.59 Å². The molecule has 0 aliphatic carbocycles. The van der Waals surface area contributed by atoms with Gasteiger partial charge in [-0.25, -0.2) is 14.9 Å². The molecule has 1 amide bonds. The van der Waals surface area contributed by atoms with Gasteiger partial charge in [0.1, 0.15) is 0 Å². The molecule has 0 saturated carbocycles. The molecule has 9 heteroatoms. The lowest BCUT2D eigenvalue weighted by molar-refractivity contribution is -0.121. The second-order valence-corrected chi connectivity index (χ2v) is 7.47. The van der Waals surface area contributed by atoms with Crippen molar-refractivity contribution in [2.75, 3.05) is 18.4 Å². The quantitative estimate of drug-likeness (QED) is 0.726. The summed E-state index contributed by atoms with van der Waals surface area (Å²) in [5.74, 6) is -0.203. The Bertz CT molecular complexity index is 945. The Labute approximate surface area is 153 Å². The van der Waals surface area contributed by atoms with Gasteiger partial charge in [-0.1, -0.05) is 23.5 Å². The molecule has 2 aromatic heterocycles. The minimum atomic E-state index is -0.543. The van der Waals surface area contributed by atoms with Gasteiger partial charge in [0.2, 0.25) is 11.8 Å². The minimum Gasteiger partial charge on any atom is -0.392 e. The standard InChI is InChI=1S/C17H19N5O3S/c1-10(14(23)19-16-18-12-6-2-3-7-13(12)26-16)22-8-4-5-11(9-22)15-20-21-17(24)25-15/h2-3,6-7,10-11H,4-5,8-9H2,1H3,(H,21,24)(H,18,19,23). The molecule has 136 valence electrons. The van der Waals surface area contributed by atoms with Crippen LogP contribution in [0.2, 0.25) is 0 Å². The van der Waals surface area contributed by atoms with Crippen LogP contribution in [0, 0.1) is 0 Å². The first kappa shape index (κ1) is 16.9. The molecule has 0 radical (unpaired) electrons. The van der Waals surface area contributed by atoms with Crippen LogP contribution in [0.5, 0.6) is 0 Å². The van der Waals surface area contributed by atoms with Gasteiger partial charge in [0.25, 0.3) is 0 Å². The summed E-state index contributed by atoms with van der Waals surface area (Å²) in [6.07, 6.45) is 1.80. The average molecular weight is 373 g/mol. The van der Waals surface area contributed by atoms with Crippen LogP contribution in [0.15, 0.2) is 33.5 Å². The topological polar surface area (TPSA) is 104 Å². The molecule has 0 bridgehead atoms. The molecule has 2 N–H and O–H groups in total. The summed E-state index contributed by atoms with van der Waals surface area (Å²) in [5.41, 5.74) is 0.882. The monoisotopic (exact) mass is 373 g/mol. The SMILES string of the molecule is CC(C(=O)Nc1nc2ccccc2s1)N1CCCC(c2n[nH]c(=O)o2)C1. The van der Waals surface area contributed by atoms with Gasteiger partial charge < -0.3 is 9.73 Å². The van der Waals surface area contributed by atoms with E-state index in [1.54, 1.807) is 0 Å². The number of piperidine rings is 1. The number of nitrogens with one attached hydrogen (secondary N) is 2. The molecule has 4 rings (SSSR count). The number of carbonyl (C=O) groups excluding carboxylic acids is 1. The summed E-state index contributed by atoms with van der Waals surface area (Å²) >= 11 is 1.46. The summed E-state index contributed by atoms with van der Waals surface area (Å²) in [6, 6.07) is 7.49. The summed E-state index contributed by atoms with van der Waals surface area (Å²) in [6.45, 7) is 3.33. The van der Waals surface area contributed by atoms with Gasteiger partial charge in [-0.15, -0.1) is 5.10 Å². The number of aromatic nitrogens is 3. The number of likely N-dealkylation sites (tertiary alicyclic amines) is 1. The van der Waals surface area contributed by atoms with Crippen molar-refractivity contribution in [1.82, 2.24) is 20.1 Å². The zero-order chi connectivity index (χ0) is 18.1. The number of aromatic amines is 1. The van der Waals surface area contributed by atoms with E-state index in [-0.39, 0.29) is 17.9 Å². The summed E-state index contributed by atoms with van der Waals surface area (Å²) in [4.78, 5) is 30.4. The summed E-state index contributed by atoms with van der Waals surface area (Å²) in [7, 11) is 0. The van der Waals surface area contributed by atoms with Crippen LogP contribution in [0.3, 0.4) is 0 Å². The molecule has 0 spiro atoms. The smallest absolute Gasteiger partial charge is 0.392 e. The third-order valence-corrected chi connectivity index (χ3v) is 5.66. The first-order chi connectivity index (χ1) is 12.6. The molecular weight excluding hydrogens is 354 g/mol. The maximum atomic E-state index is 12.7. The Balaban J connectivity index is 1.43. The number of nitrogens with zero attached hydrogens (tertiary/aromatic N) is 3. The first-order valence-corrected chi connectivity index (χ1v) is 9.37. The molecule has 1 saturated heterocycles. The third kappa shape index (κ3) is 3.40. The number of anilines is 1. The lowest BCUT2D eigenvalue weighted by Gasteiger charge is -2.34. The van der Waals surface area contributed by atoms with E-state index in [2.05, 4.69) is 25.4 Å². The van der Waals surface area contributed by atoms with Crippen molar-refractivity contribution < 1.29 is 9.21 Å². The maximum Gasteiger partial charge on any atom is 0.434 e. The lowest BCUT2D eigenvalue weighted by atomic mass is 9.96. The van der Waals surface area contributed by atoms with Crippen molar-refractivity contribution in [3.8, 4) is 0 Å². The third-order valence-electron chi connectivity index (χ3n) is 4.71.